The molecule has 3 N–H and O–H groups in total. The normalized spacial score (nSPS) is 38.9. The lowest BCUT2D eigenvalue weighted by Crippen LogP contribution is -2.37. The highest BCUT2D eigenvalue weighted by Crippen LogP contribution is 2.44. The Morgan fingerprint density at radius 2 is 2.14 bits per heavy atom. The summed E-state index contributed by atoms with van der Waals surface area (Å²) >= 11 is 0. The van der Waals surface area contributed by atoms with Crippen LogP contribution in [0.3, 0.4) is 0 Å². The Bertz CT molecular complexity index is 295. The van der Waals surface area contributed by atoms with Crippen LogP contribution in [0.5, 0.6) is 0 Å². The zero-order chi connectivity index (χ0) is 11.0. The number of rotatable bonds is 3. The predicted molar refractivity (Wildman–Crippen MR) is 55.6 cm³/mol. The third kappa shape index (κ3) is 1.94. The highest BCUT2D eigenvalue weighted by atomic mass is 32.2. The van der Waals surface area contributed by atoms with Crippen molar-refractivity contribution < 1.29 is 13.5 Å². The molecule has 0 aliphatic heterocycles. The van der Waals surface area contributed by atoms with Gasteiger partial charge in [0.25, 0.3) is 0 Å². The van der Waals surface area contributed by atoms with E-state index in [1.807, 2.05) is 6.92 Å². The Morgan fingerprint density at radius 1 is 1.57 bits per heavy atom. The first-order chi connectivity index (χ1) is 6.35. The average molecular weight is 221 g/mol. The van der Waals surface area contributed by atoms with E-state index in [0.717, 1.165) is 0 Å². The lowest BCUT2D eigenvalue weighted by molar-refractivity contribution is 0.0996. The summed E-state index contributed by atoms with van der Waals surface area (Å²) in [4.78, 5) is 0. The molecule has 1 saturated carbocycles. The van der Waals surface area contributed by atoms with Crippen molar-refractivity contribution in [1.29, 1.82) is 0 Å². The first-order valence-corrected chi connectivity index (χ1v) is 6.81. The molecule has 14 heavy (non-hydrogen) atoms. The van der Waals surface area contributed by atoms with Gasteiger partial charge >= 0.3 is 0 Å². The summed E-state index contributed by atoms with van der Waals surface area (Å²) in [6.45, 7) is 2.31. The largest absolute Gasteiger partial charge is 0.396 e. The van der Waals surface area contributed by atoms with Gasteiger partial charge in [0, 0.05) is 18.2 Å². The van der Waals surface area contributed by atoms with Crippen molar-refractivity contribution in [1.82, 2.24) is 0 Å². The van der Waals surface area contributed by atoms with Crippen LogP contribution in [-0.2, 0) is 9.84 Å². The van der Waals surface area contributed by atoms with Crippen LogP contribution in [0.25, 0.3) is 0 Å². The molecule has 0 bridgehead atoms. The van der Waals surface area contributed by atoms with Gasteiger partial charge < -0.3 is 10.8 Å². The minimum atomic E-state index is -2.99. The summed E-state index contributed by atoms with van der Waals surface area (Å²) in [6.07, 6.45) is 2.38. The van der Waals surface area contributed by atoms with Crippen molar-refractivity contribution >= 4 is 9.84 Å². The van der Waals surface area contributed by atoms with Gasteiger partial charge in [-0.25, -0.2) is 8.42 Å². The molecule has 0 spiro atoms. The fourth-order valence-electron chi connectivity index (χ4n) is 2.28. The first-order valence-electron chi connectivity index (χ1n) is 4.85. The van der Waals surface area contributed by atoms with E-state index in [0.29, 0.717) is 19.4 Å². The van der Waals surface area contributed by atoms with Crippen LogP contribution >= 0.6 is 0 Å². The molecule has 0 amide bonds. The molecule has 0 aromatic heterocycles. The highest BCUT2D eigenvalue weighted by Gasteiger charge is 2.46. The van der Waals surface area contributed by atoms with E-state index in [-0.39, 0.29) is 23.2 Å². The molecule has 1 aliphatic rings. The Hall–Kier alpha value is -0.130. The summed E-state index contributed by atoms with van der Waals surface area (Å²) in [5.41, 5.74) is 5.24. The minimum Gasteiger partial charge on any atom is -0.396 e. The Kier molecular flexibility index (Phi) is 3.23. The molecule has 0 aromatic carbocycles. The van der Waals surface area contributed by atoms with Gasteiger partial charge in [-0.3, -0.25) is 0 Å². The average Bonchev–Trinajstić information content (AvgIpc) is 2.43. The summed E-state index contributed by atoms with van der Waals surface area (Å²) in [5, 5.41) is 8.97. The van der Waals surface area contributed by atoms with Gasteiger partial charge in [-0.1, -0.05) is 6.92 Å². The SMILES string of the molecule is C[C@H]1C[C@H](S(C)(=O)=O)C[C@@]1(CN)CO. The maximum absolute atomic E-state index is 11.4. The fourth-order valence-corrected chi connectivity index (χ4v) is 3.55. The van der Waals surface area contributed by atoms with Gasteiger partial charge in [0.2, 0.25) is 0 Å². The lowest BCUT2D eigenvalue weighted by atomic mass is 9.80. The van der Waals surface area contributed by atoms with Crippen molar-refractivity contribution in [2.75, 3.05) is 19.4 Å². The number of nitrogens with two attached hydrogens (primary N) is 1. The molecule has 0 aromatic rings. The molecule has 0 saturated heterocycles. The molecule has 0 radical (unpaired) electrons. The van der Waals surface area contributed by atoms with E-state index < -0.39 is 9.84 Å². The molecule has 3 atom stereocenters. The number of hydrogen-bond donors (Lipinski definition) is 2. The monoisotopic (exact) mass is 221 g/mol. The molecule has 1 rings (SSSR count). The van der Waals surface area contributed by atoms with E-state index in [2.05, 4.69) is 0 Å². The third-order valence-electron chi connectivity index (χ3n) is 3.62. The number of aliphatic hydroxyl groups excluding tert-OH is 1. The molecular weight excluding hydrogens is 202 g/mol. The van der Waals surface area contributed by atoms with Gasteiger partial charge in [0.1, 0.15) is 9.84 Å². The molecule has 0 heterocycles. The maximum Gasteiger partial charge on any atom is 0.150 e. The second-order valence-corrected chi connectivity index (χ2v) is 6.84. The Balaban J connectivity index is 2.88. The Morgan fingerprint density at radius 3 is 2.36 bits per heavy atom. The lowest BCUT2D eigenvalue weighted by Gasteiger charge is -2.29. The number of sulfone groups is 1. The van der Waals surface area contributed by atoms with Crippen LogP contribution in [0, 0.1) is 11.3 Å². The van der Waals surface area contributed by atoms with E-state index in [1.165, 1.54) is 6.26 Å². The molecular formula is C9H19NO3S. The molecule has 4 nitrogen and oxygen atoms in total. The molecule has 1 fully saturated rings. The smallest absolute Gasteiger partial charge is 0.150 e. The molecule has 1 aliphatic carbocycles. The van der Waals surface area contributed by atoms with Crippen LogP contribution in [0.15, 0.2) is 0 Å². The van der Waals surface area contributed by atoms with E-state index >= 15 is 0 Å². The van der Waals surface area contributed by atoms with E-state index in [9.17, 15) is 13.5 Å². The predicted octanol–water partition coefficient (Wildman–Crippen LogP) is -0.233. The second kappa shape index (κ2) is 3.79. The minimum absolute atomic E-state index is 0.0172. The van der Waals surface area contributed by atoms with Crippen molar-refractivity contribution in [2.45, 2.75) is 25.0 Å². The summed E-state index contributed by atoms with van der Waals surface area (Å²) in [5.74, 6) is 0.178. The Labute approximate surface area is 85.4 Å². The van der Waals surface area contributed by atoms with Crippen LogP contribution in [-0.4, -0.2) is 38.2 Å². The first kappa shape index (κ1) is 11.9. The van der Waals surface area contributed by atoms with Gasteiger partial charge in [-0.15, -0.1) is 0 Å². The van der Waals surface area contributed by atoms with Crippen molar-refractivity contribution in [3.63, 3.8) is 0 Å². The quantitative estimate of drug-likeness (QED) is 0.689. The topological polar surface area (TPSA) is 80.4 Å². The van der Waals surface area contributed by atoms with Gasteiger partial charge in [0.05, 0.1) is 11.9 Å². The molecule has 84 valence electrons. The van der Waals surface area contributed by atoms with Crippen LogP contribution in [0.4, 0.5) is 0 Å². The second-order valence-electron chi connectivity index (χ2n) is 4.52. The van der Waals surface area contributed by atoms with E-state index in [1.54, 1.807) is 0 Å². The number of aliphatic hydroxyl groups is 1. The third-order valence-corrected chi connectivity index (χ3v) is 5.19. The van der Waals surface area contributed by atoms with Gasteiger partial charge in [-0.2, -0.15) is 0 Å². The summed E-state index contributed by atoms with van der Waals surface area (Å²) in [6, 6.07) is 0. The molecule has 5 heteroatoms. The standard InChI is InChI=1S/C9H19NO3S/c1-7-3-8(14(2,12)13)4-9(7,5-10)6-11/h7-8,11H,3-6,10H2,1-2H3/t7-,8-,9+/m0/s1. The van der Waals surface area contributed by atoms with Gasteiger partial charge in [0.15, 0.2) is 0 Å². The number of hydrogen-bond acceptors (Lipinski definition) is 4. The van der Waals surface area contributed by atoms with Crippen molar-refractivity contribution in [3.05, 3.63) is 0 Å². The zero-order valence-corrected chi connectivity index (χ0v) is 9.55. The van der Waals surface area contributed by atoms with Crippen LogP contribution < -0.4 is 5.73 Å². The van der Waals surface area contributed by atoms with Crippen LogP contribution in [0.1, 0.15) is 19.8 Å². The molecule has 0 unspecified atom stereocenters. The maximum atomic E-state index is 11.4. The van der Waals surface area contributed by atoms with Gasteiger partial charge in [-0.05, 0) is 18.8 Å². The fraction of sp³-hybridized carbons (Fsp3) is 1.00. The summed E-state index contributed by atoms with van der Waals surface area (Å²) < 4.78 is 22.8. The van der Waals surface area contributed by atoms with E-state index in [4.69, 9.17) is 5.73 Å². The van der Waals surface area contributed by atoms with Crippen molar-refractivity contribution in [3.8, 4) is 0 Å². The van der Waals surface area contributed by atoms with Crippen LogP contribution in [0.2, 0.25) is 0 Å². The summed E-state index contributed by atoms with van der Waals surface area (Å²) in [7, 11) is -2.99. The zero-order valence-electron chi connectivity index (χ0n) is 8.73. The van der Waals surface area contributed by atoms with Crippen molar-refractivity contribution in [2.24, 2.45) is 17.1 Å². The highest BCUT2D eigenvalue weighted by molar-refractivity contribution is 7.91.